The van der Waals surface area contributed by atoms with Gasteiger partial charge in [-0.25, -0.2) is 4.79 Å². The van der Waals surface area contributed by atoms with Crippen molar-refractivity contribution < 1.29 is 14.0 Å². The second-order valence-corrected chi connectivity index (χ2v) is 7.60. The summed E-state index contributed by atoms with van der Waals surface area (Å²) in [5, 5.41) is 13.2. The van der Waals surface area contributed by atoms with Crippen molar-refractivity contribution in [3.8, 4) is 11.6 Å². The molecule has 130 valence electrons. The van der Waals surface area contributed by atoms with E-state index in [1.54, 1.807) is 36.9 Å². The van der Waals surface area contributed by atoms with E-state index in [-0.39, 0.29) is 0 Å². The number of amides is 3. The Bertz CT molecular complexity index is 718. The third-order valence-electron chi connectivity index (χ3n) is 2.95. The van der Waals surface area contributed by atoms with Gasteiger partial charge in [0.05, 0.1) is 11.5 Å². The summed E-state index contributed by atoms with van der Waals surface area (Å²) in [5.74, 6) is 0.767. The largest absolute Gasteiger partial charge is 0.461 e. The summed E-state index contributed by atoms with van der Waals surface area (Å²) in [7, 11) is 1.79. The van der Waals surface area contributed by atoms with Gasteiger partial charge >= 0.3 is 6.03 Å². The van der Waals surface area contributed by atoms with E-state index in [0.717, 1.165) is 0 Å². The molecule has 0 fully saturated rings. The normalized spacial score (nSPS) is 12.7. The topological polar surface area (TPSA) is 102 Å². The number of nitrogens with zero attached hydrogens (tertiary/aromatic N) is 3. The van der Waals surface area contributed by atoms with E-state index in [1.165, 1.54) is 11.8 Å². The molecule has 0 aliphatic heterocycles. The minimum absolute atomic E-state index is 0.399. The van der Waals surface area contributed by atoms with E-state index in [1.807, 2.05) is 20.8 Å². The molecule has 0 saturated heterocycles. The highest BCUT2D eigenvalue weighted by Crippen LogP contribution is 2.25. The lowest BCUT2D eigenvalue weighted by Gasteiger charge is -2.21. The summed E-state index contributed by atoms with van der Waals surface area (Å²) in [6.45, 7) is 7.21. The van der Waals surface area contributed by atoms with Gasteiger partial charge in [-0.15, -0.1) is 10.2 Å². The number of rotatable bonds is 4. The van der Waals surface area contributed by atoms with Crippen LogP contribution in [0.4, 0.5) is 4.79 Å². The van der Waals surface area contributed by atoms with Crippen LogP contribution in [-0.4, -0.2) is 37.5 Å². The van der Waals surface area contributed by atoms with Gasteiger partial charge < -0.3 is 14.3 Å². The molecule has 0 aliphatic carbocycles. The van der Waals surface area contributed by atoms with Gasteiger partial charge in [0.1, 0.15) is 0 Å². The van der Waals surface area contributed by atoms with Crippen LogP contribution < -0.4 is 10.6 Å². The summed E-state index contributed by atoms with van der Waals surface area (Å²) in [6.07, 6.45) is 1.56. The van der Waals surface area contributed by atoms with Gasteiger partial charge in [0.2, 0.25) is 5.91 Å². The fraction of sp³-hybridized carbons (Fsp3) is 0.467. The minimum Gasteiger partial charge on any atom is -0.461 e. The highest BCUT2D eigenvalue weighted by molar-refractivity contribution is 8.00. The lowest BCUT2D eigenvalue weighted by molar-refractivity contribution is -0.119. The molecule has 9 heteroatoms. The zero-order chi connectivity index (χ0) is 17.9. The van der Waals surface area contributed by atoms with Crippen molar-refractivity contribution in [3.63, 3.8) is 0 Å². The molecule has 0 unspecified atom stereocenters. The molecule has 2 rings (SSSR count). The Labute approximate surface area is 144 Å². The number of carbonyl (C=O) groups excluding carboxylic acids is 2. The van der Waals surface area contributed by atoms with Crippen LogP contribution in [0.1, 0.15) is 27.7 Å². The molecule has 24 heavy (non-hydrogen) atoms. The number of hydrogen-bond donors (Lipinski definition) is 2. The Balaban J connectivity index is 1.98. The van der Waals surface area contributed by atoms with Crippen molar-refractivity contribution in [1.82, 2.24) is 25.4 Å². The standard InChI is InChI=1S/C15H21N5O3S/c1-9(12(21)16-13(22)17-15(2,3)4)24-14-19-18-11(20(14)5)10-7-6-8-23-10/h6-9H,1-5H3,(H2,16,17,21,22)/t9-/m1/s1. The highest BCUT2D eigenvalue weighted by Gasteiger charge is 2.23. The fourth-order valence-electron chi connectivity index (χ4n) is 1.83. The first-order valence-electron chi connectivity index (χ1n) is 7.40. The smallest absolute Gasteiger partial charge is 0.321 e. The Morgan fingerprint density at radius 3 is 2.62 bits per heavy atom. The molecule has 2 aromatic heterocycles. The van der Waals surface area contributed by atoms with Crippen LogP contribution in [-0.2, 0) is 11.8 Å². The Kier molecular flexibility index (Phi) is 5.33. The fourth-order valence-corrected chi connectivity index (χ4v) is 2.65. The summed E-state index contributed by atoms with van der Waals surface area (Å²) in [5.41, 5.74) is -0.414. The molecule has 0 aliphatic rings. The molecule has 3 amide bonds. The number of carbonyl (C=O) groups is 2. The third-order valence-corrected chi connectivity index (χ3v) is 4.09. The summed E-state index contributed by atoms with van der Waals surface area (Å²) in [6, 6.07) is 3.03. The number of imide groups is 1. The van der Waals surface area contributed by atoms with Crippen molar-refractivity contribution in [2.24, 2.45) is 7.05 Å². The molecular weight excluding hydrogens is 330 g/mol. The van der Waals surface area contributed by atoms with Crippen molar-refractivity contribution in [2.45, 2.75) is 43.6 Å². The molecular formula is C15H21N5O3S. The predicted molar refractivity (Wildman–Crippen MR) is 90.5 cm³/mol. The number of thioether (sulfide) groups is 1. The second-order valence-electron chi connectivity index (χ2n) is 6.30. The van der Waals surface area contributed by atoms with Gasteiger partial charge in [0.25, 0.3) is 0 Å². The van der Waals surface area contributed by atoms with Crippen molar-refractivity contribution in [1.29, 1.82) is 0 Å². The Hall–Kier alpha value is -2.29. The van der Waals surface area contributed by atoms with Gasteiger partial charge in [-0.2, -0.15) is 0 Å². The van der Waals surface area contributed by atoms with Crippen LogP contribution in [0.15, 0.2) is 28.0 Å². The maximum absolute atomic E-state index is 12.1. The van der Waals surface area contributed by atoms with E-state index in [9.17, 15) is 9.59 Å². The van der Waals surface area contributed by atoms with E-state index < -0.39 is 22.7 Å². The number of hydrogen-bond acceptors (Lipinski definition) is 6. The maximum Gasteiger partial charge on any atom is 0.321 e. The number of furan rings is 1. The molecule has 1 atom stereocenters. The van der Waals surface area contributed by atoms with Crippen LogP contribution in [0.2, 0.25) is 0 Å². The van der Waals surface area contributed by atoms with Crippen molar-refractivity contribution in [3.05, 3.63) is 18.4 Å². The molecule has 0 radical (unpaired) electrons. The molecule has 0 spiro atoms. The monoisotopic (exact) mass is 351 g/mol. The molecule has 2 heterocycles. The average Bonchev–Trinajstić information content (AvgIpc) is 3.07. The number of aromatic nitrogens is 3. The lowest BCUT2D eigenvalue weighted by Crippen LogP contribution is -2.49. The molecule has 0 aromatic carbocycles. The van der Waals surface area contributed by atoms with Crippen molar-refractivity contribution in [2.75, 3.05) is 0 Å². The average molecular weight is 351 g/mol. The Morgan fingerprint density at radius 2 is 2.04 bits per heavy atom. The van der Waals surface area contributed by atoms with Crippen molar-refractivity contribution >= 4 is 23.7 Å². The van der Waals surface area contributed by atoms with Gasteiger partial charge in [-0.05, 0) is 39.8 Å². The zero-order valence-corrected chi connectivity index (χ0v) is 15.1. The highest BCUT2D eigenvalue weighted by atomic mass is 32.2. The van der Waals surface area contributed by atoms with E-state index in [4.69, 9.17) is 4.42 Å². The zero-order valence-electron chi connectivity index (χ0n) is 14.3. The first-order chi connectivity index (χ1) is 11.2. The predicted octanol–water partition coefficient (Wildman–Crippen LogP) is 2.18. The van der Waals surface area contributed by atoms with Gasteiger partial charge in [0.15, 0.2) is 16.7 Å². The van der Waals surface area contributed by atoms with Gasteiger partial charge in [-0.1, -0.05) is 11.8 Å². The maximum atomic E-state index is 12.1. The SMILES string of the molecule is C[C@@H](Sc1nnc(-c2ccco2)n1C)C(=O)NC(=O)NC(C)(C)C. The third kappa shape index (κ3) is 4.60. The van der Waals surface area contributed by atoms with Crippen LogP contribution in [0, 0.1) is 0 Å². The molecule has 2 aromatic rings. The molecule has 0 bridgehead atoms. The first-order valence-corrected chi connectivity index (χ1v) is 8.28. The summed E-state index contributed by atoms with van der Waals surface area (Å²) < 4.78 is 7.04. The Morgan fingerprint density at radius 1 is 1.33 bits per heavy atom. The number of urea groups is 1. The van der Waals surface area contributed by atoms with E-state index >= 15 is 0 Å². The molecule has 0 saturated carbocycles. The summed E-state index contributed by atoms with van der Waals surface area (Å²) in [4.78, 5) is 23.9. The molecule has 8 nitrogen and oxygen atoms in total. The van der Waals surface area contributed by atoms with E-state index in [0.29, 0.717) is 16.7 Å². The molecule has 2 N–H and O–H groups in total. The number of nitrogens with one attached hydrogen (secondary N) is 2. The van der Waals surface area contributed by atoms with E-state index in [2.05, 4.69) is 20.8 Å². The lowest BCUT2D eigenvalue weighted by atomic mass is 10.1. The minimum atomic E-state index is -0.519. The van der Waals surface area contributed by atoms with Crippen LogP contribution in [0.5, 0.6) is 0 Å². The summed E-state index contributed by atoms with van der Waals surface area (Å²) >= 11 is 1.21. The first kappa shape index (κ1) is 18.1. The van der Waals surface area contributed by atoms with Gasteiger partial charge in [0, 0.05) is 12.6 Å². The van der Waals surface area contributed by atoms with Gasteiger partial charge in [-0.3, -0.25) is 10.1 Å². The quantitative estimate of drug-likeness (QED) is 0.819. The van der Waals surface area contributed by atoms with Crippen LogP contribution in [0.25, 0.3) is 11.6 Å². The van der Waals surface area contributed by atoms with Crippen LogP contribution in [0.3, 0.4) is 0 Å². The van der Waals surface area contributed by atoms with Crippen LogP contribution >= 0.6 is 11.8 Å². The second kappa shape index (κ2) is 7.08.